The molecule has 10 atom stereocenters. The van der Waals surface area contributed by atoms with Gasteiger partial charge in [-0.15, -0.1) is 0 Å². The summed E-state index contributed by atoms with van der Waals surface area (Å²) in [5.41, 5.74) is 2.92. The van der Waals surface area contributed by atoms with E-state index in [9.17, 15) is 9.90 Å². The van der Waals surface area contributed by atoms with E-state index in [1.54, 1.807) is 0 Å². The average molecular weight is 928 g/mol. The maximum atomic E-state index is 13.1. The van der Waals surface area contributed by atoms with E-state index in [1.807, 2.05) is 30.3 Å². The molecule has 0 aromatic heterocycles. The number of ether oxygens (including phenoxy) is 1. The number of halogens is 3. The minimum absolute atomic E-state index is 0.0378. The summed E-state index contributed by atoms with van der Waals surface area (Å²) in [6.45, 7) is 19.8. The molecule has 7 unspecified atom stereocenters. The van der Waals surface area contributed by atoms with Crippen molar-refractivity contribution >= 4 is 43.2 Å². The second-order valence-corrected chi connectivity index (χ2v) is 32.6. The molecule has 5 saturated carbocycles. The van der Waals surface area contributed by atoms with Crippen LogP contribution in [0.15, 0.2) is 42.5 Å². The number of rotatable bonds is 4. The van der Waals surface area contributed by atoms with Crippen LogP contribution in [0.3, 0.4) is 0 Å². The van der Waals surface area contributed by atoms with Crippen LogP contribution in [0.25, 0.3) is 0 Å². The number of esters is 1. The molecular weight excluding hydrogens is 873 g/mol. The molecule has 0 amide bonds. The first-order valence-electron chi connectivity index (χ1n) is 16.6. The summed E-state index contributed by atoms with van der Waals surface area (Å²) in [6, 6.07) is 9.51. The van der Waals surface area contributed by atoms with Crippen molar-refractivity contribution in [2.75, 3.05) is 6.61 Å². The predicted octanol–water partition coefficient (Wildman–Crippen LogP) is 7.64. The van der Waals surface area contributed by atoms with Crippen molar-refractivity contribution in [2.24, 2.45) is 56.7 Å². The normalized spacial score (nSPS) is 44.5. The summed E-state index contributed by atoms with van der Waals surface area (Å²) >= 11 is 5.30. The fraction of sp³-hybridized carbons (Fsp3) is 0.757. The molecule has 3 nitrogen and oxygen atoms in total. The summed E-state index contributed by atoms with van der Waals surface area (Å²) in [7, 11) is 0. The van der Waals surface area contributed by atoms with Gasteiger partial charge >= 0.3 is 56.5 Å². The summed E-state index contributed by atoms with van der Waals surface area (Å²) in [5, 5.41) is 10.8. The molecule has 5 aliphatic carbocycles. The van der Waals surface area contributed by atoms with Gasteiger partial charge in [0.25, 0.3) is 0 Å². The number of carbonyl (C=O) groups excluding carboxylic acids is 1. The van der Waals surface area contributed by atoms with Crippen LogP contribution in [0.4, 0.5) is 0 Å². The Labute approximate surface area is 291 Å². The van der Waals surface area contributed by atoms with Crippen molar-refractivity contribution in [2.45, 2.75) is 112 Å². The molecule has 242 valence electrons. The van der Waals surface area contributed by atoms with Gasteiger partial charge in [-0.3, -0.25) is 0 Å². The molecule has 43 heavy (non-hydrogen) atoms. The SMILES string of the molecule is C=C(C)C1CCC2(CO)CC[C@]3(C)C(CCC4[C@@]5(C)CCC(OC(=O)c6ccccc6)C(C)(C)C5CC[C@]43C)C12.I[I-]I. The molecule has 0 heterocycles. The van der Waals surface area contributed by atoms with Crippen molar-refractivity contribution < 1.29 is 27.9 Å². The Morgan fingerprint density at radius 1 is 0.907 bits per heavy atom. The van der Waals surface area contributed by atoms with Gasteiger partial charge in [0, 0.05) is 12.0 Å². The third kappa shape index (κ3) is 5.53. The molecule has 6 heteroatoms. The van der Waals surface area contributed by atoms with E-state index < -0.39 is 0 Å². The van der Waals surface area contributed by atoms with Crippen LogP contribution in [0, 0.1) is 56.7 Å². The predicted molar refractivity (Wildman–Crippen MR) is 190 cm³/mol. The Balaban J connectivity index is 0.00000118. The standard InChI is InChI=1S/C37H54O3.I3/c1-24(2)26-15-20-37(23-38)22-21-35(6)27(31(26)37)13-14-29-34(5)18-17-30(40-32(39)25-11-9-8-10-12-25)33(3,4)28(34)16-19-36(29,35)7;1-3-2/h8-12,26-31,38H,1,13-23H2,2-7H3;/q;-1/t26?,27?,28?,29?,30?,31?,34-,35+,36+,37?;/m0./s1. The Bertz CT molecular complexity index is 1190. The van der Waals surface area contributed by atoms with Gasteiger partial charge in [-0.2, -0.15) is 0 Å². The van der Waals surface area contributed by atoms with Crippen LogP contribution in [0.1, 0.15) is 116 Å². The zero-order chi connectivity index (χ0) is 31.4. The Morgan fingerprint density at radius 3 is 2.21 bits per heavy atom. The Hall–Kier alpha value is 0.580. The van der Waals surface area contributed by atoms with Gasteiger partial charge in [-0.1, -0.05) is 65.0 Å². The van der Waals surface area contributed by atoms with Gasteiger partial charge in [-0.05, 0) is 135 Å². The Kier molecular flexibility index (Phi) is 10.5. The molecule has 1 aromatic rings. The summed E-state index contributed by atoms with van der Waals surface area (Å²) in [4.78, 5) is 13.1. The van der Waals surface area contributed by atoms with Crippen molar-refractivity contribution in [1.82, 2.24) is 0 Å². The molecular formula is C37H54I3O3-. The summed E-state index contributed by atoms with van der Waals surface area (Å²) in [6.07, 6.45) is 12.0. The van der Waals surface area contributed by atoms with E-state index in [2.05, 4.69) is 85.4 Å². The molecule has 0 spiro atoms. The number of carbonyl (C=O) groups is 1. The van der Waals surface area contributed by atoms with Crippen LogP contribution < -0.4 is 13.3 Å². The topological polar surface area (TPSA) is 46.5 Å². The molecule has 0 aliphatic heterocycles. The number of hydrogen-bond acceptors (Lipinski definition) is 3. The van der Waals surface area contributed by atoms with E-state index in [0.29, 0.717) is 65.8 Å². The second kappa shape index (κ2) is 12.9. The van der Waals surface area contributed by atoms with Crippen molar-refractivity contribution in [1.29, 1.82) is 0 Å². The van der Waals surface area contributed by atoms with E-state index in [1.165, 1.54) is 56.9 Å². The fourth-order valence-electron chi connectivity index (χ4n) is 12.5. The average Bonchev–Trinajstić information content (AvgIpc) is 3.36. The van der Waals surface area contributed by atoms with Gasteiger partial charge < -0.3 is 9.84 Å². The van der Waals surface area contributed by atoms with Crippen LogP contribution in [-0.2, 0) is 4.74 Å². The maximum absolute atomic E-state index is 13.1. The molecule has 5 fully saturated rings. The molecule has 1 aromatic carbocycles. The summed E-state index contributed by atoms with van der Waals surface area (Å²) in [5.74, 6) is 2.90. The van der Waals surface area contributed by atoms with Crippen LogP contribution >= 0.6 is 37.2 Å². The van der Waals surface area contributed by atoms with E-state index in [4.69, 9.17) is 4.74 Å². The van der Waals surface area contributed by atoms with E-state index >= 15 is 0 Å². The third-order valence-corrected chi connectivity index (χ3v) is 14.8. The van der Waals surface area contributed by atoms with Crippen molar-refractivity contribution in [3.8, 4) is 0 Å². The molecule has 0 saturated heterocycles. The number of fused-ring (bicyclic) bond motifs is 7. The van der Waals surface area contributed by atoms with Crippen LogP contribution in [0.5, 0.6) is 0 Å². The van der Waals surface area contributed by atoms with Gasteiger partial charge in [0.15, 0.2) is 0 Å². The molecule has 5 aliphatic rings. The van der Waals surface area contributed by atoms with Crippen LogP contribution in [0.2, 0.25) is 0 Å². The number of aliphatic hydroxyl groups excluding tert-OH is 1. The molecule has 6 rings (SSSR count). The number of benzene rings is 1. The van der Waals surface area contributed by atoms with Crippen molar-refractivity contribution in [3.05, 3.63) is 48.0 Å². The quantitative estimate of drug-likeness (QED) is 0.192. The van der Waals surface area contributed by atoms with Gasteiger partial charge in [0.05, 0.1) is 5.56 Å². The van der Waals surface area contributed by atoms with E-state index in [-0.39, 0.29) is 28.3 Å². The number of hydrogen-bond donors (Lipinski definition) is 1. The number of aliphatic hydroxyl groups is 1. The van der Waals surface area contributed by atoms with Gasteiger partial charge in [0.1, 0.15) is 6.10 Å². The first-order chi connectivity index (χ1) is 20.3. The first kappa shape index (κ1) is 34.9. The zero-order valence-corrected chi connectivity index (χ0v) is 33.7. The Morgan fingerprint density at radius 2 is 1.58 bits per heavy atom. The third-order valence-electron chi connectivity index (χ3n) is 14.8. The van der Waals surface area contributed by atoms with Crippen molar-refractivity contribution in [3.63, 3.8) is 0 Å². The zero-order valence-electron chi connectivity index (χ0n) is 27.2. The monoisotopic (exact) mass is 927 g/mol. The number of allylic oxidation sites excluding steroid dienone is 1. The first-order valence-corrected chi connectivity index (χ1v) is 29.2. The molecule has 1 N–H and O–H groups in total. The summed E-state index contributed by atoms with van der Waals surface area (Å²) < 4.78 is 6.29. The van der Waals surface area contributed by atoms with Gasteiger partial charge in [-0.25, -0.2) is 4.79 Å². The van der Waals surface area contributed by atoms with Gasteiger partial charge in [0.2, 0.25) is 0 Å². The molecule has 0 bridgehead atoms. The fourth-order valence-corrected chi connectivity index (χ4v) is 12.5. The second-order valence-electron chi connectivity index (χ2n) is 16.4. The van der Waals surface area contributed by atoms with Crippen LogP contribution in [-0.4, -0.2) is 23.8 Å². The van der Waals surface area contributed by atoms with E-state index in [0.717, 1.165) is 12.8 Å². The minimum atomic E-state index is -0.172. The molecule has 0 radical (unpaired) electrons.